The van der Waals surface area contributed by atoms with Gasteiger partial charge in [0, 0.05) is 13.1 Å². The zero-order chi connectivity index (χ0) is 11.3. The van der Waals surface area contributed by atoms with Crippen LogP contribution in [0.25, 0.3) is 0 Å². The van der Waals surface area contributed by atoms with E-state index in [9.17, 15) is 4.79 Å². The molecule has 0 spiro atoms. The van der Waals surface area contributed by atoms with Crippen molar-refractivity contribution in [1.82, 2.24) is 5.32 Å². The molecule has 1 aliphatic rings. The Morgan fingerprint density at radius 3 is 2.60 bits per heavy atom. The van der Waals surface area contributed by atoms with Gasteiger partial charge in [0.1, 0.15) is 0 Å². The second kappa shape index (κ2) is 5.50. The summed E-state index contributed by atoms with van der Waals surface area (Å²) in [4.78, 5) is 11.8. The molecule has 0 aliphatic heterocycles. The number of nitrogens with one attached hydrogen (secondary N) is 1. The van der Waals surface area contributed by atoms with Crippen molar-refractivity contribution < 1.29 is 4.79 Å². The Bertz CT molecular complexity index is 212. The average Bonchev–Trinajstić information content (AvgIpc) is 2.19. The molecule has 0 saturated heterocycles. The van der Waals surface area contributed by atoms with Crippen LogP contribution in [0.2, 0.25) is 0 Å². The van der Waals surface area contributed by atoms with Gasteiger partial charge in [-0.25, -0.2) is 0 Å². The number of carbonyl (C=O) groups excluding carboxylic acids is 1. The number of carbonyl (C=O) groups is 1. The molecular weight excluding hydrogens is 188 g/mol. The Morgan fingerprint density at radius 2 is 2.20 bits per heavy atom. The van der Waals surface area contributed by atoms with Crippen molar-refractivity contribution in [3.63, 3.8) is 0 Å². The zero-order valence-electron chi connectivity index (χ0n) is 10.0. The van der Waals surface area contributed by atoms with Crippen molar-refractivity contribution in [2.75, 3.05) is 13.1 Å². The highest BCUT2D eigenvalue weighted by Gasteiger charge is 2.32. The molecule has 1 atom stereocenters. The molecule has 0 aromatic rings. The van der Waals surface area contributed by atoms with Crippen LogP contribution in [-0.4, -0.2) is 19.0 Å². The van der Waals surface area contributed by atoms with Gasteiger partial charge in [0.05, 0.1) is 5.92 Å². The van der Waals surface area contributed by atoms with Crippen molar-refractivity contribution in [1.29, 1.82) is 0 Å². The number of nitrogens with two attached hydrogens (primary N) is 1. The smallest absolute Gasteiger partial charge is 0.224 e. The van der Waals surface area contributed by atoms with Crippen molar-refractivity contribution in [2.45, 2.75) is 46.0 Å². The molecule has 1 amide bonds. The van der Waals surface area contributed by atoms with E-state index in [0.717, 1.165) is 19.4 Å². The SMILES string of the molecule is CCCC(CN)C(=O)NCC1(C)CCC1. The Kier molecular flexibility index (Phi) is 4.58. The van der Waals surface area contributed by atoms with E-state index in [1.54, 1.807) is 0 Å². The molecule has 0 bridgehead atoms. The quantitative estimate of drug-likeness (QED) is 0.703. The summed E-state index contributed by atoms with van der Waals surface area (Å²) < 4.78 is 0. The standard InChI is InChI=1S/C12H24N2O/c1-3-5-10(8-13)11(15)14-9-12(2)6-4-7-12/h10H,3-9,13H2,1-2H3,(H,14,15). The predicted molar refractivity (Wildman–Crippen MR) is 62.4 cm³/mol. The maximum absolute atomic E-state index is 11.8. The van der Waals surface area contributed by atoms with Crippen LogP contribution in [0.4, 0.5) is 0 Å². The lowest BCUT2D eigenvalue weighted by atomic mass is 9.70. The van der Waals surface area contributed by atoms with Crippen LogP contribution in [0, 0.1) is 11.3 Å². The number of rotatable bonds is 6. The van der Waals surface area contributed by atoms with Crippen LogP contribution in [-0.2, 0) is 4.79 Å². The molecule has 88 valence electrons. The molecule has 1 aliphatic carbocycles. The zero-order valence-corrected chi connectivity index (χ0v) is 10.0. The van der Waals surface area contributed by atoms with Gasteiger partial charge in [-0.15, -0.1) is 0 Å². The summed E-state index contributed by atoms with van der Waals surface area (Å²) in [7, 11) is 0. The van der Waals surface area contributed by atoms with E-state index in [2.05, 4.69) is 19.2 Å². The highest BCUT2D eigenvalue weighted by molar-refractivity contribution is 5.78. The lowest BCUT2D eigenvalue weighted by Gasteiger charge is -2.38. The van der Waals surface area contributed by atoms with E-state index in [1.807, 2.05) is 0 Å². The molecule has 0 heterocycles. The highest BCUT2D eigenvalue weighted by atomic mass is 16.1. The van der Waals surface area contributed by atoms with E-state index in [4.69, 9.17) is 5.73 Å². The molecular formula is C12H24N2O. The minimum Gasteiger partial charge on any atom is -0.355 e. The molecule has 3 N–H and O–H groups in total. The highest BCUT2D eigenvalue weighted by Crippen LogP contribution is 2.39. The summed E-state index contributed by atoms with van der Waals surface area (Å²) in [6, 6.07) is 0. The first-order chi connectivity index (χ1) is 7.11. The first-order valence-corrected chi connectivity index (χ1v) is 6.09. The van der Waals surface area contributed by atoms with E-state index in [-0.39, 0.29) is 11.8 Å². The minimum atomic E-state index is 0.0127. The first kappa shape index (κ1) is 12.5. The molecule has 1 saturated carbocycles. The molecule has 0 aromatic heterocycles. The topological polar surface area (TPSA) is 55.1 Å². The van der Waals surface area contributed by atoms with Crippen LogP contribution < -0.4 is 11.1 Å². The average molecular weight is 212 g/mol. The summed E-state index contributed by atoms with van der Waals surface area (Å²) in [5.74, 6) is 0.158. The number of hydrogen-bond acceptors (Lipinski definition) is 2. The van der Waals surface area contributed by atoms with Crippen LogP contribution in [0.15, 0.2) is 0 Å². The third-order valence-electron chi connectivity index (χ3n) is 3.54. The summed E-state index contributed by atoms with van der Waals surface area (Å²) in [5, 5.41) is 3.04. The monoisotopic (exact) mass is 212 g/mol. The van der Waals surface area contributed by atoms with Crippen LogP contribution in [0.1, 0.15) is 46.0 Å². The van der Waals surface area contributed by atoms with Crippen molar-refractivity contribution in [2.24, 2.45) is 17.1 Å². The van der Waals surface area contributed by atoms with Gasteiger partial charge in [-0.3, -0.25) is 4.79 Å². The molecule has 0 radical (unpaired) electrons. The normalized spacial score (nSPS) is 20.5. The fourth-order valence-electron chi connectivity index (χ4n) is 2.11. The minimum absolute atomic E-state index is 0.0127. The summed E-state index contributed by atoms with van der Waals surface area (Å²) >= 11 is 0. The maximum atomic E-state index is 11.8. The van der Waals surface area contributed by atoms with E-state index in [0.29, 0.717) is 12.0 Å². The van der Waals surface area contributed by atoms with E-state index >= 15 is 0 Å². The fourth-order valence-corrected chi connectivity index (χ4v) is 2.11. The molecule has 0 aromatic carbocycles. The molecule has 1 rings (SSSR count). The second-order valence-electron chi connectivity index (χ2n) is 5.10. The maximum Gasteiger partial charge on any atom is 0.224 e. The van der Waals surface area contributed by atoms with E-state index in [1.165, 1.54) is 19.3 Å². The third kappa shape index (κ3) is 3.49. The number of amides is 1. The summed E-state index contributed by atoms with van der Waals surface area (Å²) in [6.45, 7) is 5.62. The van der Waals surface area contributed by atoms with E-state index < -0.39 is 0 Å². The largest absolute Gasteiger partial charge is 0.355 e. The predicted octanol–water partition coefficient (Wildman–Crippen LogP) is 1.67. The second-order valence-corrected chi connectivity index (χ2v) is 5.10. The molecule has 15 heavy (non-hydrogen) atoms. The van der Waals surface area contributed by atoms with Crippen molar-refractivity contribution in [3.05, 3.63) is 0 Å². The van der Waals surface area contributed by atoms with Crippen LogP contribution in [0.5, 0.6) is 0 Å². The summed E-state index contributed by atoms with van der Waals surface area (Å²) in [5.41, 5.74) is 5.95. The lowest BCUT2D eigenvalue weighted by molar-refractivity contribution is -0.125. The molecule has 1 unspecified atom stereocenters. The van der Waals surface area contributed by atoms with Gasteiger partial charge in [0.25, 0.3) is 0 Å². The summed E-state index contributed by atoms with van der Waals surface area (Å²) in [6.07, 6.45) is 5.72. The molecule has 3 heteroatoms. The molecule has 1 fully saturated rings. The number of hydrogen-bond donors (Lipinski definition) is 2. The third-order valence-corrected chi connectivity index (χ3v) is 3.54. The Labute approximate surface area is 92.8 Å². The van der Waals surface area contributed by atoms with Gasteiger partial charge in [-0.1, -0.05) is 26.7 Å². The van der Waals surface area contributed by atoms with Gasteiger partial charge in [-0.05, 0) is 24.7 Å². The van der Waals surface area contributed by atoms with Crippen LogP contribution >= 0.6 is 0 Å². The van der Waals surface area contributed by atoms with Gasteiger partial charge in [0.2, 0.25) is 5.91 Å². The Morgan fingerprint density at radius 1 is 1.53 bits per heavy atom. The van der Waals surface area contributed by atoms with Gasteiger partial charge < -0.3 is 11.1 Å². The lowest BCUT2D eigenvalue weighted by Crippen LogP contribution is -2.43. The van der Waals surface area contributed by atoms with Gasteiger partial charge in [-0.2, -0.15) is 0 Å². The Balaban J connectivity index is 2.27. The first-order valence-electron chi connectivity index (χ1n) is 6.09. The van der Waals surface area contributed by atoms with Crippen molar-refractivity contribution in [3.8, 4) is 0 Å². The molecule has 3 nitrogen and oxygen atoms in total. The van der Waals surface area contributed by atoms with Crippen LogP contribution in [0.3, 0.4) is 0 Å². The van der Waals surface area contributed by atoms with Gasteiger partial charge in [0.15, 0.2) is 0 Å². The Hall–Kier alpha value is -0.570. The fraction of sp³-hybridized carbons (Fsp3) is 0.917. The van der Waals surface area contributed by atoms with Gasteiger partial charge >= 0.3 is 0 Å². The van der Waals surface area contributed by atoms with Crippen molar-refractivity contribution >= 4 is 5.91 Å².